The van der Waals surface area contributed by atoms with Gasteiger partial charge in [-0.15, -0.1) is 0 Å². The van der Waals surface area contributed by atoms with E-state index in [2.05, 4.69) is 20.9 Å². The molecular formula is C10H6BrCl2N. The number of hydrogen-bond donors (Lipinski definition) is 0. The highest BCUT2D eigenvalue weighted by atomic mass is 79.9. The molecule has 0 saturated carbocycles. The van der Waals surface area contributed by atoms with E-state index in [0.29, 0.717) is 10.0 Å². The van der Waals surface area contributed by atoms with E-state index in [9.17, 15) is 0 Å². The average Bonchev–Trinajstić information content (AvgIpc) is 2.14. The second kappa shape index (κ2) is 3.69. The fraction of sp³-hybridized carbons (Fsp3) is 0.100. The lowest BCUT2D eigenvalue weighted by atomic mass is 10.2. The van der Waals surface area contributed by atoms with Crippen LogP contribution in [0.25, 0.3) is 10.9 Å². The Bertz CT molecular complexity index is 511. The highest BCUT2D eigenvalue weighted by Gasteiger charge is 2.08. The number of fused-ring (bicyclic) bond motifs is 1. The summed E-state index contributed by atoms with van der Waals surface area (Å²) in [6, 6.07) is 5.48. The second-order valence-electron chi connectivity index (χ2n) is 2.99. The van der Waals surface area contributed by atoms with Crippen molar-refractivity contribution in [1.82, 2.24) is 4.98 Å². The quantitative estimate of drug-likeness (QED) is 0.690. The van der Waals surface area contributed by atoms with Gasteiger partial charge < -0.3 is 0 Å². The molecule has 1 aromatic carbocycles. The Kier molecular flexibility index (Phi) is 2.69. The lowest BCUT2D eigenvalue weighted by Gasteiger charge is -2.05. The topological polar surface area (TPSA) is 12.9 Å². The van der Waals surface area contributed by atoms with Crippen LogP contribution in [0.15, 0.2) is 22.7 Å². The van der Waals surface area contributed by atoms with Crippen LogP contribution in [0.1, 0.15) is 5.69 Å². The van der Waals surface area contributed by atoms with E-state index in [1.165, 1.54) is 0 Å². The predicted octanol–water partition coefficient (Wildman–Crippen LogP) is 4.61. The van der Waals surface area contributed by atoms with Crippen LogP contribution in [0.3, 0.4) is 0 Å². The second-order valence-corrected chi connectivity index (χ2v) is 4.59. The summed E-state index contributed by atoms with van der Waals surface area (Å²) in [7, 11) is 0. The van der Waals surface area contributed by atoms with Crippen molar-refractivity contribution in [2.45, 2.75) is 6.92 Å². The third-order valence-corrected chi connectivity index (χ3v) is 3.82. The van der Waals surface area contributed by atoms with Crippen molar-refractivity contribution in [3.8, 4) is 0 Å². The van der Waals surface area contributed by atoms with Gasteiger partial charge in [0, 0.05) is 10.4 Å². The Balaban J connectivity index is 2.91. The fourth-order valence-corrected chi connectivity index (χ4v) is 2.05. The van der Waals surface area contributed by atoms with Gasteiger partial charge in [0.05, 0.1) is 20.7 Å². The minimum absolute atomic E-state index is 0.669. The van der Waals surface area contributed by atoms with Crippen molar-refractivity contribution < 1.29 is 0 Å². The maximum absolute atomic E-state index is 6.15. The van der Waals surface area contributed by atoms with Gasteiger partial charge in [0.1, 0.15) is 0 Å². The van der Waals surface area contributed by atoms with Crippen LogP contribution < -0.4 is 0 Å². The molecule has 0 N–H and O–H groups in total. The summed E-state index contributed by atoms with van der Waals surface area (Å²) < 4.78 is 0.842. The summed E-state index contributed by atoms with van der Waals surface area (Å²) in [5.41, 5.74) is 1.69. The van der Waals surface area contributed by atoms with Crippen molar-refractivity contribution in [2.24, 2.45) is 0 Å². The van der Waals surface area contributed by atoms with Gasteiger partial charge in [-0.3, -0.25) is 4.98 Å². The molecular weight excluding hydrogens is 285 g/mol. The summed E-state index contributed by atoms with van der Waals surface area (Å²) in [5.74, 6) is 0. The summed E-state index contributed by atoms with van der Waals surface area (Å²) >= 11 is 15.4. The SMILES string of the molecule is Cc1nc2cc(Cl)ccc2c(Cl)c1Br. The van der Waals surface area contributed by atoms with E-state index in [4.69, 9.17) is 23.2 Å². The van der Waals surface area contributed by atoms with Gasteiger partial charge in [-0.1, -0.05) is 23.2 Å². The van der Waals surface area contributed by atoms with Gasteiger partial charge in [0.15, 0.2) is 0 Å². The van der Waals surface area contributed by atoms with Crippen molar-refractivity contribution in [3.63, 3.8) is 0 Å². The number of rotatable bonds is 0. The summed E-state index contributed by atoms with van der Waals surface area (Å²) in [6.45, 7) is 1.90. The Morgan fingerprint density at radius 3 is 2.71 bits per heavy atom. The first-order valence-corrected chi connectivity index (χ1v) is 5.55. The molecule has 1 heterocycles. The molecule has 14 heavy (non-hydrogen) atoms. The third kappa shape index (κ3) is 1.62. The summed E-state index contributed by atoms with van der Waals surface area (Å²) in [6.07, 6.45) is 0. The molecule has 1 aromatic heterocycles. The first-order valence-electron chi connectivity index (χ1n) is 4.00. The number of benzene rings is 1. The van der Waals surface area contributed by atoms with E-state index in [1.807, 2.05) is 19.1 Å². The standard InChI is InChI=1S/C10H6BrCl2N/c1-5-9(11)10(13)7-3-2-6(12)4-8(7)14-5/h2-4H,1H3. The van der Waals surface area contributed by atoms with Crippen molar-refractivity contribution in [1.29, 1.82) is 0 Å². The van der Waals surface area contributed by atoms with Gasteiger partial charge in [-0.2, -0.15) is 0 Å². The molecule has 0 radical (unpaired) electrons. The molecule has 0 saturated heterocycles. The Morgan fingerprint density at radius 2 is 2.00 bits per heavy atom. The van der Waals surface area contributed by atoms with Gasteiger partial charge in [0.25, 0.3) is 0 Å². The molecule has 0 bridgehead atoms. The zero-order chi connectivity index (χ0) is 10.3. The molecule has 0 atom stereocenters. The average molecular weight is 291 g/mol. The maximum Gasteiger partial charge on any atom is 0.0735 e. The van der Waals surface area contributed by atoms with Crippen molar-refractivity contribution in [3.05, 3.63) is 38.4 Å². The van der Waals surface area contributed by atoms with E-state index in [0.717, 1.165) is 21.1 Å². The fourth-order valence-electron chi connectivity index (χ4n) is 1.29. The highest BCUT2D eigenvalue weighted by Crippen LogP contribution is 2.32. The summed E-state index contributed by atoms with van der Waals surface area (Å²) in [5, 5.41) is 2.26. The largest absolute Gasteiger partial charge is 0.252 e. The summed E-state index contributed by atoms with van der Waals surface area (Å²) in [4.78, 5) is 4.38. The first-order chi connectivity index (χ1) is 6.59. The molecule has 0 amide bonds. The van der Waals surface area contributed by atoms with Crippen LogP contribution >= 0.6 is 39.1 Å². The number of hydrogen-bond acceptors (Lipinski definition) is 1. The monoisotopic (exact) mass is 289 g/mol. The molecule has 0 aliphatic carbocycles. The molecule has 1 nitrogen and oxygen atoms in total. The smallest absolute Gasteiger partial charge is 0.0735 e. The predicted molar refractivity (Wildman–Crippen MR) is 64.2 cm³/mol. The Labute approximate surface area is 100 Å². The molecule has 0 aliphatic heterocycles. The van der Waals surface area contributed by atoms with E-state index in [1.54, 1.807) is 6.07 Å². The zero-order valence-corrected chi connectivity index (χ0v) is 10.4. The lowest BCUT2D eigenvalue weighted by Crippen LogP contribution is -1.87. The maximum atomic E-state index is 6.15. The Hall–Kier alpha value is -0.310. The number of aromatic nitrogens is 1. The van der Waals surface area contributed by atoms with Crippen LogP contribution in [-0.4, -0.2) is 4.98 Å². The first kappa shape index (κ1) is 10.2. The van der Waals surface area contributed by atoms with E-state index in [-0.39, 0.29) is 0 Å². The highest BCUT2D eigenvalue weighted by molar-refractivity contribution is 9.10. The van der Waals surface area contributed by atoms with Crippen LogP contribution in [-0.2, 0) is 0 Å². The zero-order valence-electron chi connectivity index (χ0n) is 7.31. The van der Waals surface area contributed by atoms with Gasteiger partial charge in [-0.05, 0) is 41.1 Å². The molecule has 72 valence electrons. The number of nitrogens with zero attached hydrogens (tertiary/aromatic N) is 1. The van der Waals surface area contributed by atoms with E-state index >= 15 is 0 Å². The molecule has 0 unspecified atom stereocenters. The van der Waals surface area contributed by atoms with Crippen molar-refractivity contribution >= 4 is 50.0 Å². The lowest BCUT2D eigenvalue weighted by molar-refractivity contribution is 1.23. The minimum Gasteiger partial charge on any atom is -0.252 e. The third-order valence-electron chi connectivity index (χ3n) is 1.99. The number of halogens is 3. The molecule has 2 rings (SSSR count). The molecule has 0 aliphatic rings. The van der Waals surface area contributed by atoms with Crippen LogP contribution in [0.4, 0.5) is 0 Å². The van der Waals surface area contributed by atoms with Gasteiger partial charge in [0.2, 0.25) is 0 Å². The van der Waals surface area contributed by atoms with E-state index < -0.39 is 0 Å². The van der Waals surface area contributed by atoms with Gasteiger partial charge in [-0.25, -0.2) is 0 Å². The molecule has 4 heteroatoms. The van der Waals surface area contributed by atoms with Gasteiger partial charge >= 0.3 is 0 Å². The van der Waals surface area contributed by atoms with Crippen molar-refractivity contribution in [2.75, 3.05) is 0 Å². The van der Waals surface area contributed by atoms with Crippen LogP contribution in [0, 0.1) is 6.92 Å². The van der Waals surface area contributed by atoms with Crippen LogP contribution in [0.5, 0.6) is 0 Å². The number of aryl methyl sites for hydroxylation is 1. The van der Waals surface area contributed by atoms with Crippen LogP contribution in [0.2, 0.25) is 10.0 Å². The number of pyridine rings is 1. The Morgan fingerprint density at radius 1 is 1.29 bits per heavy atom. The molecule has 2 aromatic rings. The molecule has 0 spiro atoms. The normalized spacial score (nSPS) is 10.9. The minimum atomic E-state index is 0.669. The molecule has 0 fully saturated rings.